The molecule has 0 saturated carbocycles. The molecule has 2 amide bonds. The van der Waals surface area contributed by atoms with Gasteiger partial charge >= 0.3 is 0 Å². The van der Waals surface area contributed by atoms with E-state index in [1.807, 2.05) is 13.8 Å². The van der Waals surface area contributed by atoms with Crippen molar-refractivity contribution in [2.45, 2.75) is 32.7 Å². The quantitative estimate of drug-likeness (QED) is 0.664. The number of piperidine rings is 1. The van der Waals surface area contributed by atoms with Gasteiger partial charge in [-0.1, -0.05) is 13.8 Å². The van der Waals surface area contributed by atoms with E-state index in [2.05, 4.69) is 5.32 Å². The zero-order chi connectivity index (χ0) is 20.0. The zero-order valence-corrected chi connectivity index (χ0v) is 17.5. The number of methoxy groups -OCH3 is 1. The Morgan fingerprint density at radius 3 is 2.25 bits per heavy atom. The Morgan fingerprint density at radius 2 is 1.75 bits per heavy atom. The van der Waals surface area contributed by atoms with Gasteiger partial charge in [0.25, 0.3) is 0 Å². The van der Waals surface area contributed by atoms with Crippen molar-refractivity contribution in [2.24, 2.45) is 17.6 Å². The molecule has 1 aromatic carbocycles. The largest absolute Gasteiger partial charge is 0.497 e. The number of amides is 2. The van der Waals surface area contributed by atoms with Crippen LogP contribution in [0.25, 0.3) is 0 Å². The van der Waals surface area contributed by atoms with Crippen LogP contribution in [0.4, 0.5) is 0 Å². The number of nitrogens with two attached hydrogens (primary N) is 1. The van der Waals surface area contributed by atoms with Crippen LogP contribution in [0.15, 0.2) is 24.3 Å². The summed E-state index contributed by atoms with van der Waals surface area (Å²) in [4.78, 5) is 38.4. The fourth-order valence-corrected chi connectivity index (χ4v) is 3.08. The van der Waals surface area contributed by atoms with Gasteiger partial charge in [0, 0.05) is 24.6 Å². The first-order chi connectivity index (χ1) is 12.8. The molecule has 0 aromatic heterocycles. The molecule has 1 aliphatic rings. The minimum Gasteiger partial charge on any atom is -0.497 e. The molecule has 28 heavy (non-hydrogen) atoms. The third-order valence-corrected chi connectivity index (χ3v) is 5.03. The van der Waals surface area contributed by atoms with Gasteiger partial charge in [-0.25, -0.2) is 0 Å². The van der Waals surface area contributed by atoms with Crippen molar-refractivity contribution in [1.82, 2.24) is 10.2 Å². The predicted molar refractivity (Wildman–Crippen MR) is 110 cm³/mol. The van der Waals surface area contributed by atoms with Gasteiger partial charge in [0.15, 0.2) is 5.78 Å². The van der Waals surface area contributed by atoms with Crippen LogP contribution in [-0.2, 0) is 9.59 Å². The number of hydrogen-bond donors (Lipinski definition) is 2. The summed E-state index contributed by atoms with van der Waals surface area (Å²) in [6.07, 6.45) is 1.24. The van der Waals surface area contributed by atoms with Crippen LogP contribution < -0.4 is 15.8 Å². The van der Waals surface area contributed by atoms with Crippen molar-refractivity contribution >= 4 is 30.0 Å². The van der Waals surface area contributed by atoms with Crippen molar-refractivity contribution < 1.29 is 19.1 Å². The number of nitrogens with zero attached hydrogens (tertiary/aromatic N) is 1. The van der Waals surface area contributed by atoms with Gasteiger partial charge < -0.3 is 20.7 Å². The van der Waals surface area contributed by atoms with Crippen LogP contribution in [-0.4, -0.2) is 55.3 Å². The molecule has 3 N–H and O–H groups in total. The molecule has 0 radical (unpaired) electrons. The third-order valence-electron chi connectivity index (χ3n) is 5.03. The first-order valence-corrected chi connectivity index (χ1v) is 9.32. The molecule has 0 unspecified atom stereocenters. The van der Waals surface area contributed by atoms with Crippen molar-refractivity contribution in [3.8, 4) is 5.75 Å². The maximum absolute atomic E-state index is 12.6. The van der Waals surface area contributed by atoms with Crippen molar-refractivity contribution in [3.63, 3.8) is 0 Å². The fourth-order valence-electron chi connectivity index (χ4n) is 3.08. The highest BCUT2D eigenvalue weighted by Gasteiger charge is 2.28. The van der Waals surface area contributed by atoms with E-state index in [0.717, 1.165) is 0 Å². The number of Topliss-reactive ketones (excluding diaryl/α,β-unsaturated/α-hetero) is 1. The summed E-state index contributed by atoms with van der Waals surface area (Å²) in [5.74, 6) is 0.274. The average Bonchev–Trinajstić information content (AvgIpc) is 2.70. The van der Waals surface area contributed by atoms with Gasteiger partial charge in [-0.05, 0) is 43.0 Å². The topological polar surface area (TPSA) is 102 Å². The van der Waals surface area contributed by atoms with Gasteiger partial charge in [0.1, 0.15) is 5.75 Å². The fraction of sp³-hybridized carbons (Fsp3) is 0.550. The first kappa shape index (κ1) is 23.9. The van der Waals surface area contributed by atoms with Gasteiger partial charge in [-0.3, -0.25) is 14.4 Å². The highest BCUT2D eigenvalue weighted by molar-refractivity contribution is 5.98. The molecule has 1 aromatic rings. The van der Waals surface area contributed by atoms with Gasteiger partial charge in [-0.15, -0.1) is 12.4 Å². The number of carbonyl (C=O) groups excluding carboxylic acids is 3. The summed E-state index contributed by atoms with van der Waals surface area (Å²) in [6.45, 7) is 4.68. The molecule has 1 fully saturated rings. The molecule has 1 aliphatic heterocycles. The predicted octanol–water partition coefficient (Wildman–Crippen LogP) is 1.64. The highest BCUT2D eigenvalue weighted by atomic mass is 35.5. The second-order valence-electron chi connectivity index (χ2n) is 7.24. The Labute approximate surface area is 172 Å². The number of ether oxygens (including phenoxy) is 1. The number of likely N-dealkylation sites (tertiary alicyclic amines) is 1. The molecule has 0 bridgehead atoms. The number of hydrogen-bond acceptors (Lipinski definition) is 5. The summed E-state index contributed by atoms with van der Waals surface area (Å²) in [7, 11) is 1.59. The number of halogens is 1. The van der Waals surface area contributed by atoms with E-state index >= 15 is 0 Å². The molecule has 1 atom stereocenters. The summed E-state index contributed by atoms with van der Waals surface area (Å²) in [5, 5.41) is 2.60. The first-order valence-electron chi connectivity index (χ1n) is 9.32. The van der Waals surface area contributed by atoms with E-state index in [-0.39, 0.29) is 48.4 Å². The van der Waals surface area contributed by atoms with Crippen LogP contribution in [0, 0.1) is 11.8 Å². The van der Waals surface area contributed by atoms with E-state index in [1.54, 1.807) is 36.3 Å². The molecular weight excluding hydrogens is 382 g/mol. The standard InChI is InChI=1S/C20H29N3O4.ClH/c1-13(2)18(21)20(26)22-12-17(24)23-10-8-15(9-11-23)19(25)14-4-6-16(27-3)7-5-14;/h4-7,13,15,18H,8-12,21H2,1-3H3,(H,22,26);1H/t18-;/m0./s1. The van der Waals surface area contributed by atoms with Gasteiger partial charge in [-0.2, -0.15) is 0 Å². The number of ketones is 1. The average molecular weight is 412 g/mol. The van der Waals surface area contributed by atoms with E-state index in [4.69, 9.17) is 10.5 Å². The Hall–Kier alpha value is -2.12. The Bertz CT molecular complexity index is 671. The summed E-state index contributed by atoms with van der Waals surface area (Å²) < 4.78 is 5.11. The lowest BCUT2D eigenvalue weighted by Gasteiger charge is -2.31. The van der Waals surface area contributed by atoms with E-state index in [0.29, 0.717) is 37.2 Å². The van der Waals surface area contributed by atoms with Crippen LogP contribution in [0.3, 0.4) is 0 Å². The molecule has 7 nitrogen and oxygen atoms in total. The number of carbonyl (C=O) groups is 3. The van der Waals surface area contributed by atoms with E-state index < -0.39 is 6.04 Å². The maximum atomic E-state index is 12.6. The third kappa shape index (κ3) is 6.21. The lowest BCUT2D eigenvalue weighted by Crippen LogP contribution is -2.49. The molecule has 1 saturated heterocycles. The second-order valence-corrected chi connectivity index (χ2v) is 7.24. The molecule has 156 valence electrons. The minimum atomic E-state index is -0.620. The monoisotopic (exact) mass is 411 g/mol. The van der Waals surface area contributed by atoms with Crippen LogP contribution >= 0.6 is 12.4 Å². The smallest absolute Gasteiger partial charge is 0.241 e. The molecule has 0 spiro atoms. The van der Waals surface area contributed by atoms with Crippen molar-refractivity contribution in [1.29, 1.82) is 0 Å². The number of nitrogens with one attached hydrogen (secondary N) is 1. The maximum Gasteiger partial charge on any atom is 0.241 e. The summed E-state index contributed by atoms with van der Waals surface area (Å²) in [6, 6.07) is 6.47. The van der Waals surface area contributed by atoms with E-state index in [9.17, 15) is 14.4 Å². The SMILES string of the molecule is COc1ccc(C(=O)C2CCN(C(=O)CNC(=O)[C@@H](N)C(C)C)CC2)cc1.Cl. The van der Waals surface area contributed by atoms with Crippen molar-refractivity contribution in [3.05, 3.63) is 29.8 Å². The Balaban J connectivity index is 0.00000392. The highest BCUT2D eigenvalue weighted by Crippen LogP contribution is 2.23. The number of rotatable bonds is 7. The second kappa shape index (κ2) is 11.0. The summed E-state index contributed by atoms with van der Waals surface area (Å²) in [5.41, 5.74) is 6.43. The minimum absolute atomic E-state index is 0. The van der Waals surface area contributed by atoms with Crippen molar-refractivity contribution in [2.75, 3.05) is 26.7 Å². The molecule has 0 aliphatic carbocycles. The van der Waals surface area contributed by atoms with Gasteiger partial charge in [0.05, 0.1) is 19.7 Å². The van der Waals surface area contributed by atoms with Crippen LogP contribution in [0.2, 0.25) is 0 Å². The lowest BCUT2D eigenvalue weighted by atomic mass is 9.89. The Kier molecular flexibility index (Phi) is 9.41. The normalized spacial score (nSPS) is 15.5. The zero-order valence-electron chi connectivity index (χ0n) is 16.6. The van der Waals surface area contributed by atoms with Crippen LogP contribution in [0.5, 0.6) is 5.75 Å². The Morgan fingerprint density at radius 1 is 1.18 bits per heavy atom. The summed E-state index contributed by atoms with van der Waals surface area (Å²) >= 11 is 0. The van der Waals surface area contributed by atoms with Crippen LogP contribution in [0.1, 0.15) is 37.0 Å². The molecule has 1 heterocycles. The molecule has 2 rings (SSSR count). The molecule has 8 heteroatoms. The van der Waals surface area contributed by atoms with Gasteiger partial charge in [0.2, 0.25) is 11.8 Å². The number of benzene rings is 1. The van der Waals surface area contributed by atoms with E-state index in [1.165, 1.54) is 0 Å². The molecular formula is C20H30ClN3O4. The lowest BCUT2D eigenvalue weighted by molar-refractivity contribution is -0.134.